The van der Waals surface area contributed by atoms with E-state index in [1.165, 1.54) is 18.2 Å². The third-order valence-electron chi connectivity index (χ3n) is 1.98. The second-order valence-electron chi connectivity index (χ2n) is 3.50. The minimum atomic E-state index is -4.28. The molecule has 1 aromatic rings. The number of hydrogen-bond donors (Lipinski definition) is 1. The number of thioether (sulfide) groups is 1. The Morgan fingerprint density at radius 3 is 2.70 bits per heavy atom. The number of carboxylic acid groups (broad SMARTS) is 1. The summed E-state index contributed by atoms with van der Waals surface area (Å²) in [6.07, 6.45) is 2.30. The third kappa shape index (κ3) is 6.72. The lowest BCUT2D eigenvalue weighted by Gasteiger charge is -2.09. The average Bonchev–Trinajstić information content (AvgIpc) is 2.32. The van der Waals surface area contributed by atoms with Gasteiger partial charge in [-0.15, -0.1) is 0 Å². The van der Waals surface area contributed by atoms with E-state index in [9.17, 15) is 18.0 Å². The summed E-state index contributed by atoms with van der Waals surface area (Å²) in [5, 5.41) is 8.67. The smallest absolute Gasteiger partial charge is 0.441 e. The fraction of sp³-hybridized carbons (Fsp3) is 0.250. The summed E-state index contributed by atoms with van der Waals surface area (Å²) in [4.78, 5) is 10.3. The largest absolute Gasteiger partial charge is 0.491 e. The lowest BCUT2D eigenvalue weighted by atomic mass is 10.2. The molecule has 3 nitrogen and oxygen atoms in total. The fourth-order valence-electron chi connectivity index (χ4n) is 1.21. The molecule has 0 atom stereocenters. The van der Waals surface area contributed by atoms with Crippen LogP contribution in [0.3, 0.4) is 0 Å². The van der Waals surface area contributed by atoms with E-state index in [2.05, 4.69) is 0 Å². The number of alkyl halides is 3. The number of aliphatic carboxylic acids is 1. The predicted molar refractivity (Wildman–Crippen MR) is 72.1 cm³/mol. The molecule has 0 saturated heterocycles. The van der Waals surface area contributed by atoms with E-state index >= 15 is 0 Å². The van der Waals surface area contributed by atoms with E-state index in [1.807, 2.05) is 0 Å². The third-order valence-corrected chi connectivity index (χ3v) is 2.97. The Morgan fingerprint density at radius 2 is 2.15 bits per heavy atom. The van der Waals surface area contributed by atoms with Crippen LogP contribution in [0, 0.1) is 0 Å². The van der Waals surface area contributed by atoms with Crippen molar-refractivity contribution in [3.8, 4) is 5.75 Å². The molecule has 1 N–H and O–H groups in total. The van der Waals surface area contributed by atoms with Gasteiger partial charge in [0.1, 0.15) is 5.75 Å². The molecule has 0 saturated carbocycles. The molecule has 1 aromatic carbocycles. The zero-order chi connectivity index (χ0) is 15.2. The maximum absolute atomic E-state index is 11.9. The maximum Gasteiger partial charge on any atom is 0.441 e. The Balaban J connectivity index is 2.54. The van der Waals surface area contributed by atoms with Crippen molar-refractivity contribution in [3.63, 3.8) is 0 Å². The molecule has 0 amide bonds. The summed E-state index contributed by atoms with van der Waals surface area (Å²) in [7, 11) is 0. The van der Waals surface area contributed by atoms with Gasteiger partial charge in [0, 0.05) is 11.8 Å². The lowest BCUT2D eigenvalue weighted by Crippen LogP contribution is -2.07. The molecule has 0 unspecified atom stereocenters. The number of ether oxygens (including phenoxy) is 1. The van der Waals surface area contributed by atoms with E-state index in [0.29, 0.717) is 5.56 Å². The Kier molecular flexibility index (Phi) is 6.22. The van der Waals surface area contributed by atoms with Crippen molar-refractivity contribution in [2.24, 2.45) is 0 Å². The number of hydrogen-bond acceptors (Lipinski definition) is 3. The molecular weight excluding hydrogens is 317 g/mol. The van der Waals surface area contributed by atoms with Gasteiger partial charge in [0.15, 0.2) is 0 Å². The van der Waals surface area contributed by atoms with E-state index in [0.717, 1.165) is 6.08 Å². The fourth-order valence-corrected chi connectivity index (χ4v) is 1.86. The first kappa shape index (κ1) is 16.7. The first-order valence-corrected chi connectivity index (χ1v) is 6.68. The molecule has 0 spiro atoms. The van der Waals surface area contributed by atoms with Crippen LogP contribution in [0.15, 0.2) is 24.3 Å². The van der Waals surface area contributed by atoms with Crippen LogP contribution in [0.25, 0.3) is 6.08 Å². The van der Waals surface area contributed by atoms with E-state index < -0.39 is 11.5 Å². The Morgan fingerprint density at radius 1 is 1.45 bits per heavy atom. The minimum Gasteiger partial charge on any atom is -0.491 e. The van der Waals surface area contributed by atoms with Crippen LogP contribution in [-0.2, 0) is 4.79 Å². The first-order valence-electron chi connectivity index (χ1n) is 5.32. The molecule has 0 aromatic heterocycles. The van der Waals surface area contributed by atoms with Gasteiger partial charge in [0.25, 0.3) is 0 Å². The van der Waals surface area contributed by atoms with Crippen molar-refractivity contribution in [2.45, 2.75) is 5.51 Å². The second-order valence-corrected chi connectivity index (χ2v) is 5.07. The van der Waals surface area contributed by atoms with Gasteiger partial charge in [-0.2, -0.15) is 13.2 Å². The molecule has 0 fully saturated rings. The van der Waals surface area contributed by atoms with Crippen LogP contribution in [0.5, 0.6) is 5.75 Å². The quantitative estimate of drug-likeness (QED) is 0.632. The zero-order valence-electron chi connectivity index (χ0n) is 9.98. The highest BCUT2D eigenvalue weighted by Crippen LogP contribution is 2.30. The van der Waals surface area contributed by atoms with Crippen molar-refractivity contribution in [2.75, 3.05) is 12.4 Å². The molecule has 0 radical (unpaired) electrons. The summed E-state index contributed by atoms with van der Waals surface area (Å²) in [6, 6.07) is 4.49. The van der Waals surface area contributed by atoms with Crippen molar-refractivity contribution < 1.29 is 27.8 Å². The van der Waals surface area contributed by atoms with Crippen LogP contribution in [0.2, 0.25) is 5.02 Å². The van der Waals surface area contributed by atoms with Gasteiger partial charge in [-0.25, -0.2) is 4.79 Å². The highest BCUT2D eigenvalue weighted by molar-refractivity contribution is 8.00. The summed E-state index contributed by atoms with van der Waals surface area (Å²) in [6.45, 7) is -0.131. The Bertz CT molecular complexity index is 503. The highest BCUT2D eigenvalue weighted by atomic mass is 35.5. The molecule has 0 aliphatic heterocycles. The minimum absolute atomic E-state index is 0.131. The maximum atomic E-state index is 11.9. The molecule has 8 heteroatoms. The lowest BCUT2D eigenvalue weighted by molar-refractivity contribution is -0.131. The number of halogens is 4. The van der Waals surface area contributed by atoms with Crippen molar-refractivity contribution >= 4 is 35.4 Å². The van der Waals surface area contributed by atoms with Gasteiger partial charge in [-0.05, 0) is 35.5 Å². The molecule has 0 heterocycles. The normalized spacial score (nSPS) is 11.8. The van der Waals surface area contributed by atoms with E-state index in [1.54, 1.807) is 6.07 Å². The van der Waals surface area contributed by atoms with Crippen molar-refractivity contribution in [1.29, 1.82) is 0 Å². The first-order chi connectivity index (χ1) is 9.28. The van der Waals surface area contributed by atoms with Crippen LogP contribution in [-0.4, -0.2) is 28.9 Å². The highest BCUT2D eigenvalue weighted by Gasteiger charge is 2.27. The Labute approximate surface area is 122 Å². The number of benzene rings is 1. The predicted octanol–water partition coefficient (Wildman–Crippen LogP) is 4.07. The van der Waals surface area contributed by atoms with Gasteiger partial charge in [0.2, 0.25) is 0 Å². The van der Waals surface area contributed by atoms with Crippen LogP contribution in [0.4, 0.5) is 13.2 Å². The van der Waals surface area contributed by atoms with Crippen LogP contribution >= 0.6 is 23.4 Å². The molecular formula is C12H10ClF3O3S. The SMILES string of the molecule is O=C(O)/C=C/c1ccc(OCCSC(F)(F)F)c(Cl)c1. The molecule has 20 heavy (non-hydrogen) atoms. The molecule has 110 valence electrons. The number of carbonyl (C=O) groups is 1. The second kappa shape index (κ2) is 7.44. The van der Waals surface area contributed by atoms with Gasteiger partial charge in [-0.1, -0.05) is 17.7 Å². The zero-order valence-corrected chi connectivity index (χ0v) is 11.6. The van der Waals surface area contributed by atoms with E-state index in [4.69, 9.17) is 21.4 Å². The van der Waals surface area contributed by atoms with Gasteiger partial charge in [-0.3, -0.25) is 0 Å². The summed E-state index contributed by atoms with van der Waals surface area (Å²) >= 11 is 5.71. The number of carboxylic acids is 1. The molecule has 0 aliphatic carbocycles. The standard InChI is InChI=1S/C12H10ClF3O3S/c13-9-7-8(2-4-11(17)18)1-3-10(9)19-5-6-20-12(14,15)16/h1-4,7H,5-6H2,(H,17,18)/b4-2+. The molecule has 1 rings (SSSR count). The molecule has 0 aliphatic rings. The summed E-state index contributed by atoms with van der Waals surface area (Å²) < 4.78 is 40.8. The number of rotatable bonds is 6. The van der Waals surface area contributed by atoms with Crippen LogP contribution < -0.4 is 4.74 Å². The van der Waals surface area contributed by atoms with Gasteiger partial charge < -0.3 is 9.84 Å². The van der Waals surface area contributed by atoms with Crippen molar-refractivity contribution in [1.82, 2.24) is 0 Å². The summed E-state index contributed by atoms with van der Waals surface area (Å²) in [5.41, 5.74) is -3.73. The topological polar surface area (TPSA) is 46.5 Å². The van der Waals surface area contributed by atoms with Gasteiger partial charge >= 0.3 is 11.5 Å². The monoisotopic (exact) mass is 326 g/mol. The summed E-state index contributed by atoms with van der Waals surface area (Å²) in [5.74, 6) is -1.08. The average molecular weight is 327 g/mol. The van der Waals surface area contributed by atoms with Gasteiger partial charge in [0.05, 0.1) is 11.6 Å². The van der Waals surface area contributed by atoms with Crippen LogP contribution in [0.1, 0.15) is 5.56 Å². The molecule has 0 bridgehead atoms. The Hall–Kier alpha value is -1.34. The van der Waals surface area contributed by atoms with Crippen molar-refractivity contribution in [3.05, 3.63) is 34.9 Å². The van der Waals surface area contributed by atoms with E-state index in [-0.39, 0.29) is 34.9 Å².